The van der Waals surface area contributed by atoms with E-state index in [1.165, 1.54) is 45.3 Å². The summed E-state index contributed by atoms with van der Waals surface area (Å²) in [6, 6.07) is 4.43. The molecule has 0 saturated carbocycles. The first-order valence-corrected chi connectivity index (χ1v) is 10.5. The van der Waals surface area contributed by atoms with Gasteiger partial charge in [0.2, 0.25) is 0 Å². The first kappa shape index (κ1) is 22.5. The molecular weight excluding hydrogens is 451 g/mol. The molecule has 2 aliphatic heterocycles. The Morgan fingerprint density at radius 2 is 2.11 bits per heavy atom. The van der Waals surface area contributed by atoms with Crippen molar-refractivity contribution in [2.24, 2.45) is 10.9 Å². The Bertz CT molecular complexity index is 542. The fourth-order valence-corrected chi connectivity index (χ4v) is 3.97. The molecule has 0 bridgehead atoms. The number of hydrogen-bond acceptors (Lipinski definition) is 3. The van der Waals surface area contributed by atoms with Crippen LogP contribution in [0.15, 0.2) is 27.8 Å². The second-order valence-electron chi connectivity index (χ2n) is 7.95. The summed E-state index contributed by atoms with van der Waals surface area (Å²) in [5.41, 5.74) is 0. The standard InChI is InChI=1S/C21H36N4O.HI/c1-3-18(2)23-21(22-11-9-20-8-7-15-26-20)25-14-10-19(17-25)16-24-12-5-4-6-13-24;/h7-8,15,18-19H,3-6,9-14,16-17H2,1-2H3,(H,22,23);1H. The van der Waals surface area contributed by atoms with Crippen molar-refractivity contribution in [1.29, 1.82) is 0 Å². The van der Waals surface area contributed by atoms with Crippen LogP contribution in [0, 0.1) is 5.92 Å². The Balaban J connectivity index is 0.00000261. The number of likely N-dealkylation sites (tertiary alicyclic amines) is 2. The Morgan fingerprint density at radius 1 is 1.30 bits per heavy atom. The number of halogens is 1. The largest absolute Gasteiger partial charge is 0.469 e. The number of hydrogen-bond donors (Lipinski definition) is 1. The van der Waals surface area contributed by atoms with Crippen LogP contribution in [-0.2, 0) is 6.42 Å². The zero-order valence-electron chi connectivity index (χ0n) is 17.0. The number of furan rings is 1. The summed E-state index contributed by atoms with van der Waals surface area (Å²) in [7, 11) is 0. The molecule has 0 radical (unpaired) electrons. The first-order chi connectivity index (χ1) is 12.7. The van der Waals surface area contributed by atoms with E-state index >= 15 is 0 Å². The minimum absolute atomic E-state index is 0. The summed E-state index contributed by atoms with van der Waals surface area (Å²) in [6.45, 7) is 11.4. The van der Waals surface area contributed by atoms with Crippen LogP contribution in [0.25, 0.3) is 0 Å². The summed E-state index contributed by atoms with van der Waals surface area (Å²) in [6.07, 6.45) is 9.18. The molecule has 5 nitrogen and oxygen atoms in total. The maximum absolute atomic E-state index is 5.44. The number of nitrogens with one attached hydrogen (secondary N) is 1. The van der Waals surface area contributed by atoms with Crippen LogP contribution < -0.4 is 5.32 Å². The summed E-state index contributed by atoms with van der Waals surface area (Å²) < 4.78 is 5.44. The molecule has 2 aliphatic rings. The number of rotatable bonds is 7. The third-order valence-electron chi connectivity index (χ3n) is 5.74. The molecule has 154 valence electrons. The van der Waals surface area contributed by atoms with Gasteiger partial charge in [0, 0.05) is 38.6 Å². The van der Waals surface area contributed by atoms with E-state index < -0.39 is 0 Å². The van der Waals surface area contributed by atoms with Gasteiger partial charge in [-0.05, 0) is 63.7 Å². The van der Waals surface area contributed by atoms with Gasteiger partial charge in [0.1, 0.15) is 5.76 Å². The molecule has 0 spiro atoms. The predicted molar refractivity (Wildman–Crippen MR) is 123 cm³/mol. The summed E-state index contributed by atoms with van der Waals surface area (Å²) in [4.78, 5) is 10.1. The van der Waals surface area contributed by atoms with Gasteiger partial charge in [0.25, 0.3) is 0 Å². The van der Waals surface area contributed by atoms with Crippen molar-refractivity contribution >= 4 is 29.9 Å². The van der Waals surface area contributed by atoms with Gasteiger partial charge >= 0.3 is 0 Å². The van der Waals surface area contributed by atoms with E-state index in [2.05, 4.69) is 29.0 Å². The highest BCUT2D eigenvalue weighted by atomic mass is 127. The van der Waals surface area contributed by atoms with Crippen molar-refractivity contribution in [1.82, 2.24) is 15.1 Å². The maximum atomic E-state index is 5.44. The van der Waals surface area contributed by atoms with Crippen LogP contribution in [0.2, 0.25) is 0 Å². The van der Waals surface area contributed by atoms with Crippen LogP contribution in [0.4, 0.5) is 0 Å². The lowest BCUT2D eigenvalue weighted by Gasteiger charge is -2.29. The Labute approximate surface area is 182 Å². The van der Waals surface area contributed by atoms with Gasteiger partial charge in [-0.1, -0.05) is 13.3 Å². The van der Waals surface area contributed by atoms with Crippen molar-refractivity contribution < 1.29 is 4.42 Å². The molecule has 3 rings (SSSR count). The van der Waals surface area contributed by atoms with E-state index in [0.29, 0.717) is 6.04 Å². The molecule has 0 amide bonds. The van der Waals surface area contributed by atoms with Gasteiger partial charge in [0.05, 0.1) is 6.26 Å². The molecule has 2 unspecified atom stereocenters. The average molecular weight is 488 g/mol. The van der Waals surface area contributed by atoms with E-state index in [9.17, 15) is 0 Å². The fourth-order valence-electron chi connectivity index (χ4n) is 3.97. The van der Waals surface area contributed by atoms with Gasteiger partial charge in [-0.3, -0.25) is 4.99 Å². The van der Waals surface area contributed by atoms with Gasteiger partial charge in [0.15, 0.2) is 5.96 Å². The van der Waals surface area contributed by atoms with E-state index in [0.717, 1.165) is 50.1 Å². The third-order valence-corrected chi connectivity index (χ3v) is 5.74. The summed E-state index contributed by atoms with van der Waals surface area (Å²) in [5, 5.41) is 3.64. The number of guanidine groups is 1. The third kappa shape index (κ3) is 7.29. The van der Waals surface area contributed by atoms with Crippen molar-refractivity contribution in [3.8, 4) is 0 Å². The van der Waals surface area contributed by atoms with Crippen LogP contribution in [0.3, 0.4) is 0 Å². The zero-order chi connectivity index (χ0) is 18.2. The Hall–Kier alpha value is -0.760. The minimum atomic E-state index is 0. The predicted octanol–water partition coefficient (Wildman–Crippen LogP) is 3.99. The van der Waals surface area contributed by atoms with Crippen molar-refractivity contribution in [3.63, 3.8) is 0 Å². The maximum Gasteiger partial charge on any atom is 0.194 e. The topological polar surface area (TPSA) is 44.0 Å². The lowest BCUT2D eigenvalue weighted by Crippen LogP contribution is -2.44. The van der Waals surface area contributed by atoms with Crippen LogP contribution in [0.1, 0.15) is 51.7 Å². The molecule has 1 N–H and O–H groups in total. The van der Waals surface area contributed by atoms with Crippen molar-refractivity contribution in [3.05, 3.63) is 24.2 Å². The molecule has 6 heteroatoms. The molecule has 27 heavy (non-hydrogen) atoms. The molecular formula is C21H37IN4O. The molecule has 2 fully saturated rings. The first-order valence-electron chi connectivity index (χ1n) is 10.5. The highest BCUT2D eigenvalue weighted by Crippen LogP contribution is 2.20. The van der Waals surface area contributed by atoms with Crippen molar-refractivity contribution in [2.45, 2.75) is 58.4 Å². The molecule has 0 aromatic carbocycles. The smallest absolute Gasteiger partial charge is 0.194 e. The zero-order valence-corrected chi connectivity index (χ0v) is 19.4. The summed E-state index contributed by atoms with van der Waals surface area (Å²) >= 11 is 0. The van der Waals surface area contributed by atoms with E-state index in [1.807, 2.05) is 12.1 Å². The number of aliphatic imine (C=N–C) groups is 1. The van der Waals surface area contributed by atoms with Gasteiger partial charge in [-0.25, -0.2) is 0 Å². The van der Waals surface area contributed by atoms with Gasteiger partial charge in [-0.2, -0.15) is 0 Å². The fraction of sp³-hybridized carbons (Fsp3) is 0.762. The molecule has 2 atom stereocenters. The Kier molecular flexibility index (Phi) is 9.96. The molecule has 1 aromatic rings. The quantitative estimate of drug-likeness (QED) is 0.358. The number of nitrogens with zero attached hydrogens (tertiary/aromatic N) is 3. The average Bonchev–Trinajstić information content (AvgIpc) is 3.34. The second-order valence-corrected chi connectivity index (χ2v) is 7.95. The van der Waals surface area contributed by atoms with E-state index in [-0.39, 0.29) is 24.0 Å². The van der Waals surface area contributed by atoms with Crippen molar-refractivity contribution in [2.75, 3.05) is 39.3 Å². The lowest BCUT2D eigenvalue weighted by atomic mass is 10.1. The molecule has 2 saturated heterocycles. The molecule has 3 heterocycles. The lowest BCUT2D eigenvalue weighted by molar-refractivity contribution is 0.198. The van der Waals surface area contributed by atoms with E-state index in [1.54, 1.807) is 6.26 Å². The highest BCUT2D eigenvalue weighted by molar-refractivity contribution is 14.0. The Morgan fingerprint density at radius 3 is 2.81 bits per heavy atom. The van der Waals surface area contributed by atoms with Crippen LogP contribution >= 0.6 is 24.0 Å². The SMILES string of the molecule is CCC(C)NC(=NCCc1ccco1)N1CCC(CN2CCCCC2)C1.I. The molecule has 1 aromatic heterocycles. The normalized spacial score (nSPS) is 22.5. The monoisotopic (exact) mass is 488 g/mol. The highest BCUT2D eigenvalue weighted by Gasteiger charge is 2.27. The number of piperidine rings is 1. The van der Waals surface area contributed by atoms with Gasteiger partial charge in [-0.15, -0.1) is 24.0 Å². The van der Waals surface area contributed by atoms with Crippen LogP contribution in [0.5, 0.6) is 0 Å². The summed E-state index contributed by atoms with van der Waals surface area (Å²) in [5.74, 6) is 2.88. The second kappa shape index (κ2) is 11.9. The van der Waals surface area contributed by atoms with Gasteiger partial charge < -0.3 is 19.5 Å². The van der Waals surface area contributed by atoms with Crippen LogP contribution in [-0.4, -0.2) is 61.1 Å². The molecule has 0 aliphatic carbocycles. The minimum Gasteiger partial charge on any atom is -0.469 e. The van der Waals surface area contributed by atoms with E-state index in [4.69, 9.17) is 9.41 Å².